The second-order valence-electron chi connectivity index (χ2n) is 6.13. The van der Waals surface area contributed by atoms with E-state index in [0.29, 0.717) is 6.42 Å². The molecule has 6 nitrogen and oxygen atoms in total. The van der Waals surface area contributed by atoms with Gasteiger partial charge < -0.3 is 15.7 Å². The van der Waals surface area contributed by atoms with E-state index in [1.165, 1.54) is 0 Å². The van der Waals surface area contributed by atoms with Gasteiger partial charge in [-0.2, -0.15) is 0 Å². The van der Waals surface area contributed by atoms with Gasteiger partial charge in [-0.3, -0.25) is 14.4 Å². The van der Waals surface area contributed by atoms with Crippen LogP contribution in [-0.4, -0.2) is 35.0 Å². The number of aliphatic carboxylic acids is 1. The van der Waals surface area contributed by atoms with Crippen LogP contribution in [0.3, 0.4) is 0 Å². The summed E-state index contributed by atoms with van der Waals surface area (Å²) in [5.74, 6) is -1.97. The third-order valence-corrected chi connectivity index (χ3v) is 3.15. The molecule has 0 spiro atoms. The highest BCUT2D eigenvalue weighted by atomic mass is 16.4. The van der Waals surface area contributed by atoms with Gasteiger partial charge in [-0.25, -0.2) is 0 Å². The first-order valence-corrected chi connectivity index (χ1v) is 6.63. The van der Waals surface area contributed by atoms with E-state index >= 15 is 0 Å². The van der Waals surface area contributed by atoms with Crippen molar-refractivity contribution in [1.82, 2.24) is 10.6 Å². The molecule has 2 amide bonds. The quantitative estimate of drug-likeness (QED) is 0.661. The van der Waals surface area contributed by atoms with Crippen LogP contribution in [0.2, 0.25) is 0 Å². The third kappa shape index (κ3) is 4.36. The van der Waals surface area contributed by atoms with Crippen LogP contribution in [0, 0.1) is 11.3 Å². The van der Waals surface area contributed by atoms with Gasteiger partial charge in [0.25, 0.3) is 0 Å². The Hall–Kier alpha value is -1.85. The number of carbonyl (C=O) groups excluding carboxylic acids is 2. The van der Waals surface area contributed by atoms with Crippen LogP contribution >= 0.6 is 0 Å². The number of carboxylic acids is 1. The maximum Gasteiger partial charge on any atom is 0.310 e. The average molecular weight is 282 g/mol. The van der Waals surface area contributed by atoms with E-state index in [9.17, 15) is 14.4 Å². The van der Waals surface area contributed by atoms with Gasteiger partial charge in [0.15, 0.2) is 0 Å². The second-order valence-corrected chi connectivity index (χ2v) is 6.13. The molecule has 20 heavy (non-hydrogen) atoms. The highest BCUT2D eigenvalue weighted by molar-refractivity contribution is 5.89. The van der Waals surface area contributed by atoms with Crippen molar-refractivity contribution < 1.29 is 19.5 Å². The molecular formula is C14H22N2O4. The van der Waals surface area contributed by atoms with Crippen molar-refractivity contribution in [2.24, 2.45) is 11.3 Å². The van der Waals surface area contributed by atoms with E-state index in [0.717, 1.165) is 0 Å². The van der Waals surface area contributed by atoms with Gasteiger partial charge in [-0.15, -0.1) is 0 Å². The molecule has 0 aliphatic heterocycles. The van der Waals surface area contributed by atoms with Crippen LogP contribution in [0.4, 0.5) is 0 Å². The number of nitrogens with one attached hydrogen (secondary N) is 2. The van der Waals surface area contributed by atoms with Crippen molar-refractivity contribution in [3.8, 4) is 0 Å². The lowest BCUT2D eigenvalue weighted by Gasteiger charge is -2.22. The first-order chi connectivity index (χ1) is 9.11. The SMILES string of the molecule is CC(NC(=O)C(C)(C)C)C(=O)NC1C=CC(C(=O)O)C1. The summed E-state index contributed by atoms with van der Waals surface area (Å²) >= 11 is 0. The predicted molar refractivity (Wildman–Crippen MR) is 73.9 cm³/mol. The highest BCUT2D eigenvalue weighted by Crippen LogP contribution is 2.18. The molecule has 3 atom stereocenters. The summed E-state index contributed by atoms with van der Waals surface area (Å²) in [7, 11) is 0. The molecule has 3 unspecified atom stereocenters. The number of carboxylic acid groups (broad SMARTS) is 1. The van der Waals surface area contributed by atoms with E-state index < -0.39 is 23.3 Å². The molecule has 1 aliphatic carbocycles. The molecule has 6 heteroatoms. The number of hydrogen-bond acceptors (Lipinski definition) is 3. The van der Waals surface area contributed by atoms with Crippen molar-refractivity contribution in [2.75, 3.05) is 0 Å². The summed E-state index contributed by atoms with van der Waals surface area (Å²) in [6.45, 7) is 6.91. The lowest BCUT2D eigenvalue weighted by atomic mass is 9.95. The van der Waals surface area contributed by atoms with Crippen molar-refractivity contribution in [3.05, 3.63) is 12.2 Å². The maximum atomic E-state index is 11.9. The fourth-order valence-electron chi connectivity index (χ4n) is 1.78. The molecule has 0 heterocycles. The van der Waals surface area contributed by atoms with Crippen molar-refractivity contribution in [3.63, 3.8) is 0 Å². The number of amides is 2. The molecule has 0 bridgehead atoms. The Morgan fingerprint density at radius 2 is 1.85 bits per heavy atom. The zero-order valence-electron chi connectivity index (χ0n) is 12.3. The van der Waals surface area contributed by atoms with Gasteiger partial charge in [0.2, 0.25) is 11.8 Å². The molecule has 112 valence electrons. The van der Waals surface area contributed by atoms with Crippen LogP contribution in [0.25, 0.3) is 0 Å². The Morgan fingerprint density at radius 1 is 1.25 bits per heavy atom. The minimum atomic E-state index is -0.896. The van der Waals surface area contributed by atoms with Gasteiger partial charge in [-0.05, 0) is 13.3 Å². The topological polar surface area (TPSA) is 95.5 Å². The summed E-state index contributed by atoms with van der Waals surface area (Å²) in [6.07, 6.45) is 3.60. The van der Waals surface area contributed by atoms with Crippen LogP contribution in [-0.2, 0) is 14.4 Å². The summed E-state index contributed by atoms with van der Waals surface area (Å²) in [5.41, 5.74) is -0.559. The summed E-state index contributed by atoms with van der Waals surface area (Å²) in [5, 5.41) is 14.2. The van der Waals surface area contributed by atoms with Crippen molar-refractivity contribution in [1.29, 1.82) is 0 Å². The molecule has 0 aromatic heterocycles. The van der Waals surface area contributed by atoms with Crippen molar-refractivity contribution in [2.45, 2.75) is 46.2 Å². The van der Waals surface area contributed by atoms with Gasteiger partial charge >= 0.3 is 5.97 Å². The van der Waals surface area contributed by atoms with E-state index in [4.69, 9.17) is 5.11 Å². The Kier molecular flexibility index (Phi) is 4.92. The van der Waals surface area contributed by atoms with E-state index in [-0.39, 0.29) is 17.9 Å². The van der Waals surface area contributed by atoms with E-state index in [1.807, 2.05) is 0 Å². The van der Waals surface area contributed by atoms with E-state index in [1.54, 1.807) is 39.8 Å². The lowest BCUT2D eigenvalue weighted by Crippen LogP contribution is -2.50. The van der Waals surface area contributed by atoms with Gasteiger partial charge in [0.05, 0.1) is 5.92 Å². The maximum absolute atomic E-state index is 11.9. The van der Waals surface area contributed by atoms with Crippen molar-refractivity contribution >= 4 is 17.8 Å². The molecular weight excluding hydrogens is 260 g/mol. The standard InChI is InChI=1S/C14H22N2O4/c1-8(15-13(20)14(2,3)4)11(17)16-10-6-5-9(7-10)12(18)19/h5-6,8-10H,7H2,1-4H3,(H,15,20)(H,16,17)(H,18,19). The van der Waals surface area contributed by atoms with Crippen LogP contribution in [0.5, 0.6) is 0 Å². The second kappa shape index (κ2) is 6.07. The lowest BCUT2D eigenvalue weighted by molar-refractivity contribution is -0.140. The highest BCUT2D eigenvalue weighted by Gasteiger charge is 2.28. The Balaban J connectivity index is 2.46. The molecule has 0 aromatic rings. The van der Waals surface area contributed by atoms with E-state index in [2.05, 4.69) is 10.6 Å². The Labute approximate surface area is 118 Å². The van der Waals surface area contributed by atoms with Crippen LogP contribution in [0.15, 0.2) is 12.2 Å². The molecule has 0 fully saturated rings. The summed E-state index contributed by atoms with van der Waals surface area (Å²) in [4.78, 5) is 34.5. The molecule has 1 rings (SSSR count). The summed E-state index contributed by atoms with van der Waals surface area (Å²) < 4.78 is 0. The largest absolute Gasteiger partial charge is 0.481 e. The molecule has 0 aromatic carbocycles. The molecule has 1 aliphatic rings. The molecule has 3 N–H and O–H groups in total. The third-order valence-electron chi connectivity index (χ3n) is 3.15. The normalized spacial score (nSPS) is 23.2. The average Bonchev–Trinajstić information content (AvgIpc) is 2.76. The zero-order valence-corrected chi connectivity index (χ0v) is 12.3. The first-order valence-electron chi connectivity index (χ1n) is 6.63. The zero-order chi connectivity index (χ0) is 15.5. The fraction of sp³-hybridized carbons (Fsp3) is 0.643. The predicted octanol–water partition coefficient (Wildman–Crippen LogP) is 0.683. The van der Waals surface area contributed by atoms with Gasteiger partial charge in [0.1, 0.15) is 6.04 Å². The minimum Gasteiger partial charge on any atom is -0.481 e. The molecule has 0 radical (unpaired) electrons. The smallest absolute Gasteiger partial charge is 0.310 e. The van der Waals surface area contributed by atoms with Gasteiger partial charge in [0, 0.05) is 11.5 Å². The minimum absolute atomic E-state index is 0.203. The number of rotatable bonds is 4. The Morgan fingerprint density at radius 3 is 2.30 bits per heavy atom. The first kappa shape index (κ1) is 16.2. The molecule has 0 saturated heterocycles. The Bertz CT molecular complexity index is 437. The number of carbonyl (C=O) groups is 3. The van der Waals surface area contributed by atoms with Gasteiger partial charge in [-0.1, -0.05) is 32.9 Å². The van der Waals surface area contributed by atoms with Crippen LogP contribution < -0.4 is 10.6 Å². The summed E-state index contributed by atoms with van der Waals surface area (Å²) in [6, 6.07) is -0.948. The monoisotopic (exact) mass is 282 g/mol. The molecule has 0 saturated carbocycles. The number of hydrogen-bond donors (Lipinski definition) is 3. The van der Waals surface area contributed by atoms with Crippen LogP contribution in [0.1, 0.15) is 34.1 Å². The fourth-order valence-corrected chi connectivity index (χ4v) is 1.78.